The number of hydrogen-bond donors (Lipinski definition) is 0. The summed E-state index contributed by atoms with van der Waals surface area (Å²) >= 11 is 3.61. The zero-order valence-corrected chi connectivity index (χ0v) is 10.9. The van der Waals surface area contributed by atoms with Gasteiger partial charge in [0.15, 0.2) is 0 Å². The van der Waals surface area contributed by atoms with Crippen LogP contribution in [0.2, 0.25) is 0 Å². The molecular formula is C12H17BrN2. The number of aryl methyl sites for hydroxylation is 1. The Kier molecular flexibility index (Phi) is 3.29. The van der Waals surface area contributed by atoms with Crippen LogP contribution in [0.5, 0.6) is 0 Å². The molecule has 1 aliphatic carbocycles. The minimum absolute atomic E-state index is 0.733. The van der Waals surface area contributed by atoms with Gasteiger partial charge < -0.3 is 4.90 Å². The summed E-state index contributed by atoms with van der Waals surface area (Å²) in [6.07, 6.45) is 5.77. The number of hydrogen-bond acceptors (Lipinski definition) is 2. The van der Waals surface area contributed by atoms with Crippen LogP contribution < -0.4 is 4.90 Å². The smallest absolute Gasteiger partial charge is 0.143 e. The maximum Gasteiger partial charge on any atom is 0.143 e. The molecule has 0 atom stereocenters. The van der Waals surface area contributed by atoms with Gasteiger partial charge in [-0.05, 0) is 53.7 Å². The Bertz CT molecular complexity index is 347. The van der Waals surface area contributed by atoms with Gasteiger partial charge >= 0.3 is 0 Å². The van der Waals surface area contributed by atoms with Gasteiger partial charge in [-0.25, -0.2) is 4.98 Å². The molecule has 0 unspecified atom stereocenters. The second-order valence-electron chi connectivity index (χ2n) is 4.24. The first-order valence-electron chi connectivity index (χ1n) is 5.61. The van der Waals surface area contributed by atoms with E-state index in [0.29, 0.717) is 0 Å². The van der Waals surface area contributed by atoms with Crippen molar-refractivity contribution in [2.75, 3.05) is 11.4 Å². The minimum atomic E-state index is 0.733. The van der Waals surface area contributed by atoms with E-state index >= 15 is 0 Å². The molecule has 82 valence electrons. The van der Waals surface area contributed by atoms with Crippen LogP contribution in [0.15, 0.2) is 16.7 Å². The highest BCUT2D eigenvalue weighted by molar-refractivity contribution is 9.10. The fourth-order valence-electron chi connectivity index (χ4n) is 1.83. The SMILES string of the molecule is CCCN(c1ncc(C)cc1Br)C1CC1. The third-order valence-corrected chi connectivity index (χ3v) is 3.27. The molecule has 0 saturated heterocycles. The van der Waals surface area contributed by atoms with E-state index in [-0.39, 0.29) is 0 Å². The topological polar surface area (TPSA) is 16.1 Å². The van der Waals surface area contributed by atoms with E-state index in [2.05, 4.69) is 45.7 Å². The van der Waals surface area contributed by atoms with Crippen LogP contribution in [0, 0.1) is 6.92 Å². The monoisotopic (exact) mass is 268 g/mol. The molecular weight excluding hydrogens is 252 g/mol. The summed E-state index contributed by atoms with van der Waals surface area (Å²) < 4.78 is 1.13. The van der Waals surface area contributed by atoms with Gasteiger partial charge in [-0.2, -0.15) is 0 Å². The maximum absolute atomic E-state index is 4.54. The molecule has 1 heterocycles. The van der Waals surface area contributed by atoms with Crippen molar-refractivity contribution in [1.29, 1.82) is 0 Å². The second-order valence-corrected chi connectivity index (χ2v) is 5.10. The van der Waals surface area contributed by atoms with Crippen molar-refractivity contribution in [3.63, 3.8) is 0 Å². The summed E-state index contributed by atoms with van der Waals surface area (Å²) in [6.45, 7) is 5.40. The first-order valence-corrected chi connectivity index (χ1v) is 6.40. The van der Waals surface area contributed by atoms with Gasteiger partial charge in [0.1, 0.15) is 5.82 Å². The van der Waals surface area contributed by atoms with Gasteiger partial charge in [0.2, 0.25) is 0 Å². The molecule has 0 aromatic carbocycles. The lowest BCUT2D eigenvalue weighted by molar-refractivity contribution is 0.748. The van der Waals surface area contributed by atoms with Crippen LogP contribution in [0.1, 0.15) is 31.7 Å². The van der Waals surface area contributed by atoms with Crippen molar-refractivity contribution in [3.05, 3.63) is 22.3 Å². The predicted octanol–water partition coefficient (Wildman–Crippen LogP) is 3.53. The van der Waals surface area contributed by atoms with Crippen molar-refractivity contribution < 1.29 is 0 Å². The Morgan fingerprint density at radius 2 is 2.27 bits per heavy atom. The maximum atomic E-state index is 4.54. The number of nitrogens with zero attached hydrogens (tertiary/aromatic N) is 2. The van der Waals surface area contributed by atoms with Gasteiger partial charge in [-0.3, -0.25) is 0 Å². The Labute approximate surface area is 99.8 Å². The molecule has 1 fully saturated rings. The lowest BCUT2D eigenvalue weighted by Gasteiger charge is -2.24. The summed E-state index contributed by atoms with van der Waals surface area (Å²) in [5.41, 5.74) is 1.21. The lowest BCUT2D eigenvalue weighted by atomic mass is 10.3. The van der Waals surface area contributed by atoms with E-state index in [1.807, 2.05) is 6.20 Å². The summed E-state index contributed by atoms with van der Waals surface area (Å²) in [5.74, 6) is 1.12. The standard InChI is InChI=1S/C12H17BrN2/c1-3-6-15(10-4-5-10)12-11(13)7-9(2)8-14-12/h7-8,10H,3-6H2,1-2H3. The highest BCUT2D eigenvalue weighted by atomic mass is 79.9. The van der Waals surface area contributed by atoms with E-state index < -0.39 is 0 Å². The quantitative estimate of drug-likeness (QED) is 0.831. The molecule has 1 aromatic heterocycles. The second kappa shape index (κ2) is 4.52. The highest BCUT2D eigenvalue weighted by Gasteiger charge is 2.30. The van der Waals surface area contributed by atoms with E-state index in [1.54, 1.807) is 0 Å². The minimum Gasteiger partial charge on any atom is -0.353 e. The van der Waals surface area contributed by atoms with Crippen LogP contribution in [0.3, 0.4) is 0 Å². The number of rotatable bonds is 4. The average molecular weight is 269 g/mol. The van der Waals surface area contributed by atoms with E-state index in [1.165, 1.54) is 24.8 Å². The number of aromatic nitrogens is 1. The lowest BCUT2D eigenvalue weighted by Crippen LogP contribution is -2.27. The molecule has 1 aliphatic rings. The predicted molar refractivity (Wildman–Crippen MR) is 67.3 cm³/mol. The Balaban J connectivity index is 2.24. The van der Waals surface area contributed by atoms with E-state index in [4.69, 9.17) is 0 Å². The Hall–Kier alpha value is -0.570. The number of anilines is 1. The Morgan fingerprint density at radius 3 is 2.80 bits per heavy atom. The molecule has 3 heteroatoms. The zero-order chi connectivity index (χ0) is 10.8. The molecule has 0 spiro atoms. The normalized spacial score (nSPS) is 15.4. The molecule has 0 amide bonds. The van der Waals surface area contributed by atoms with Crippen molar-refractivity contribution in [3.8, 4) is 0 Å². The molecule has 15 heavy (non-hydrogen) atoms. The van der Waals surface area contributed by atoms with Crippen LogP contribution in [0.4, 0.5) is 5.82 Å². The summed E-state index contributed by atoms with van der Waals surface area (Å²) in [4.78, 5) is 6.97. The van der Waals surface area contributed by atoms with Crippen molar-refractivity contribution in [1.82, 2.24) is 4.98 Å². The fourth-order valence-corrected chi connectivity index (χ4v) is 2.52. The molecule has 1 aromatic rings. The average Bonchev–Trinajstić information content (AvgIpc) is 2.98. The zero-order valence-electron chi connectivity index (χ0n) is 9.33. The third-order valence-electron chi connectivity index (χ3n) is 2.68. The van der Waals surface area contributed by atoms with Crippen LogP contribution >= 0.6 is 15.9 Å². The first kappa shape index (κ1) is 10.9. The first-order chi connectivity index (χ1) is 7.22. The fraction of sp³-hybridized carbons (Fsp3) is 0.583. The van der Waals surface area contributed by atoms with Crippen LogP contribution in [-0.4, -0.2) is 17.6 Å². The van der Waals surface area contributed by atoms with Crippen molar-refractivity contribution >= 4 is 21.7 Å². The number of pyridine rings is 1. The molecule has 0 bridgehead atoms. The largest absolute Gasteiger partial charge is 0.353 e. The molecule has 1 saturated carbocycles. The molecule has 0 radical (unpaired) electrons. The Morgan fingerprint density at radius 1 is 1.53 bits per heavy atom. The van der Waals surface area contributed by atoms with Gasteiger partial charge in [0.25, 0.3) is 0 Å². The van der Waals surface area contributed by atoms with Crippen LogP contribution in [-0.2, 0) is 0 Å². The summed E-state index contributed by atoms with van der Waals surface area (Å²) in [7, 11) is 0. The molecule has 2 nitrogen and oxygen atoms in total. The van der Waals surface area contributed by atoms with Crippen molar-refractivity contribution in [2.45, 2.75) is 39.2 Å². The van der Waals surface area contributed by atoms with Crippen LogP contribution in [0.25, 0.3) is 0 Å². The van der Waals surface area contributed by atoms with Gasteiger partial charge in [-0.1, -0.05) is 6.92 Å². The summed E-state index contributed by atoms with van der Waals surface area (Å²) in [5, 5.41) is 0. The van der Waals surface area contributed by atoms with Gasteiger partial charge in [-0.15, -0.1) is 0 Å². The van der Waals surface area contributed by atoms with Crippen molar-refractivity contribution in [2.24, 2.45) is 0 Å². The van der Waals surface area contributed by atoms with Gasteiger partial charge in [0.05, 0.1) is 4.47 Å². The molecule has 0 aliphatic heterocycles. The van der Waals surface area contributed by atoms with E-state index in [0.717, 1.165) is 22.9 Å². The highest BCUT2D eigenvalue weighted by Crippen LogP contribution is 2.34. The number of halogens is 1. The summed E-state index contributed by atoms with van der Waals surface area (Å²) in [6, 6.07) is 2.88. The van der Waals surface area contributed by atoms with E-state index in [9.17, 15) is 0 Å². The molecule has 2 rings (SSSR count). The third kappa shape index (κ3) is 2.51. The molecule has 0 N–H and O–H groups in total. The van der Waals surface area contributed by atoms with Gasteiger partial charge in [0, 0.05) is 18.8 Å².